The molecule has 0 radical (unpaired) electrons. The first-order valence-electron chi connectivity index (χ1n) is 4.95. The maximum atomic E-state index is 13.3. The van der Waals surface area contributed by atoms with Crippen LogP contribution in [0.1, 0.15) is 6.42 Å². The highest BCUT2D eigenvalue weighted by Gasteiger charge is 2.08. The summed E-state index contributed by atoms with van der Waals surface area (Å²) in [6.45, 7) is 0.0214. The Morgan fingerprint density at radius 2 is 2.24 bits per heavy atom. The van der Waals surface area contributed by atoms with Crippen LogP contribution in [-0.4, -0.2) is 20.6 Å². The van der Waals surface area contributed by atoms with Crippen LogP contribution < -0.4 is 5.56 Å². The molecule has 0 aliphatic rings. The van der Waals surface area contributed by atoms with E-state index in [1.54, 1.807) is 0 Å². The number of aryl methyl sites for hydroxylation is 1. The number of hydrogen-bond acceptors (Lipinski definition) is 3. The fourth-order valence-electron chi connectivity index (χ4n) is 1.53. The zero-order valence-corrected chi connectivity index (χ0v) is 8.76. The van der Waals surface area contributed by atoms with Crippen molar-refractivity contribution in [3.05, 3.63) is 40.7 Å². The van der Waals surface area contributed by atoms with Gasteiger partial charge in [0.2, 0.25) is 0 Å². The van der Waals surface area contributed by atoms with E-state index in [1.807, 2.05) is 0 Å². The molecule has 0 spiro atoms. The standard InChI is InChI=1S/C11H9FN2O3/c12-8-3-1-2-7-10(8)13-6-14(11(7)17)5-4-9(15)16/h1-3,6H,4-5H2,(H,15,16). The van der Waals surface area contributed by atoms with Gasteiger partial charge < -0.3 is 5.11 Å². The number of hydrogen-bond donors (Lipinski definition) is 1. The highest BCUT2D eigenvalue weighted by molar-refractivity contribution is 5.77. The SMILES string of the molecule is O=C(O)CCn1cnc2c(F)cccc2c1=O. The molecule has 0 aliphatic heterocycles. The summed E-state index contributed by atoms with van der Waals surface area (Å²) in [7, 11) is 0. The molecular weight excluding hydrogens is 227 g/mol. The summed E-state index contributed by atoms with van der Waals surface area (Å²) < 4.78 is 14.5. The number of benzene rings is 1. The maximum Gasteiger partial charge on any atom is 0.305 e. The van der Waals surface area contributed by atoms with E-state index in [0.29, 0.717) is 0 Å². The predicted molar refractivity (Wildman–Crippen MR) is 58.2 cm³/mol. The van der Waals surface area contributed by atoms with E-state index in [9.17, 15) is 14.0 Å². The van der Waals surface area contributed by atoms with E-state index in [4.69, 9.17) is 5.11 Å². The average Bonchev–Trinajstić information content (AvgIpc) is 2.29. The molecule has 0 saturated carbocycles. The average molecular weight is 236 g/mol. The van der Waals surface area contributed by atoms with Crippen LogP contribution in [0, 0.1) is 5.82 Å². The first-order valence-corrected chi connectivity index (χ1v) is 4.95. The van der Waals surface area contributed by atoms with Gasteiger partial charge in [-0.25, -0.2) is 9.37 Å². The topological polar surface area (TPSA) is 72.2 Å². The van der Waals surface area contributed by atoms with Crippen molar-refractivity contribution < 1.29 is 14.3 Å². The molecule has 6 heteroatoms. The van der Waals surface area contributed by atoms with Gasteiger partial charge in [-0.1, -0.05) is 6.07 Å². The summed E-state index contributed by atoms with van der Waals surface area (Å²) >= 11 is 0. The van der Waals surface area contributed by atoms with E-state index in [0.717, 1.165) is 10.9 Å². The molecule has 0 atom stereocenters. The largest absolute Gasteiger partial charge is 0.481 e. The molecule has 5 nitrogen and oxygen atoms in total. The summed E-state index contributed by atoms with van der Waals surface area (Å²) in [6.07, 6.45) is 0.985. The molecule has 1 aromatic carbocycles. The second kappa shape index (κ2) is 4.32. The number of carbonyl (C=O) groups is 1. The molecule has 88 valence electrons. The van der Waals surface area contributed by atoms with E-state index >= 15 is 0 Å². The molecule has 0 amide bonds. The lowest BCUT2D eigenvalue weighted by atomic mass is 10.2. The summed E-state index contributed by atoms with van der Waals surface area (Å²) in [4.78, 5) is 26.1. The molecule has 2 aromatic rings. The lowest BCUT2D eigenvalue weighted by molar-refractivity contribution is -0.137. The van der Waals surface area contributed by atoms with Crippen molar-refractivity contribution >= 4 is 16.9 Å². The summed E-state index contributed by atoms with van der Waals surface area (Å²) in [5.74, 6) is -1.57. The van der Waals surface area contributed by atoms with Gasteiger partial charge in [0.1, 0.15) is 11.3 Å². The number of halogens is 1. The molecule has 0 unspecified atom stereocenters. The van der Waals surface area contributed by atoms with Crippen molar-refractivity contribution in [2.24, 2.45) is 0 Å². The predicted octanol–water partition coefficient (Wildman–Crippen LogP) is 1.01. The van der Waals surface area contributed by atoms with E-state index in [-0.39, 0.29) is 23.9 Å². The van der Waals surface area contributed by atoms with E-state index in [2.05, 4.69) is 4.98 Å². The van der Waals surface area contributed by atoms with E-state index in [1.165, 1.54) is 18.2 Å². The van der Waals surface area contributed by atoms with Gasteiger partial charge in [0.05, 0.1) is 18.1 Å². The monoisotopic (exact) mass is 236 g/mol. The third kappa shape index (κ3) is 2.15. The Bertz CT molecular complexity index is 636. The Morgan fingerprint density at radius 1 is 1.47 bits per heavy atom. The Labute approximate surface area is 95.1 Å². The summed E-state index contributed by atoms with van der Waals surface area (Å²) in [5.41, 5.74) is -0.431. The number of fused-ring (bicyclic) bond motifs is 1. The molecule has 2 rings (SSSR count). The second-order valence-electron chi connectivity index (χ2n) is 3.52. The number of nitrogens with zero attached hydrogens (tertiary/aromatic N) is 2. The molecule has 1 aromatic heterocycles. The zero-order valence-electron chi connectivity index (χ0n) is 8.76. The molecular formula is C11H9FN2O3. The van der Waals surface area contributed by atoms with Crippen LogP contribution >= 0.6 is 0 Å². The Morgan fingerprint density at radius 3 is 2.94 bits per heavy atom. The molecule has 0 fully saturated rings. The quantitative estimate of drug-likeness (QED) is 0.863. The first-order chi connectivity index (χ1) is 8.09. The van der Waals surface area contributed by atoms with Crippen molar-refractivity contribution in [1.82, 2.24) is 9.55 Å². The molecule has 17 heavy (non-hydrogen) atoms. The van der Waals surface area contributed by atoms with Gasteiger partial charge in [-0.3, -0.25) is 14.2 Å². The van der Waals surface area contributed by atoms with Crippen molar-refractivity contribution in [3.8, 4) is 0 Å². The van der Waals surface area contributed by atoms with Gasteiger partial charge >= 0.3 is 5.97 Å². The molecule has 1 heterocycles. The van der Waals surface area contributed by atoms with Crippen molar-refractivity contribution in [1.29, 1.82) is 0 Å². The van der Waals surface area contributed by atoms with Gasteiger partial charge in [0.25, 0.3) is 5.56 Å². The molecule has 0 bridgehead atoms. The smallest absolute Gasteiger partial charge is 0.305 e. The number of para-hydroxylation sites is 1. The van der Waals surface area contributed by atoms with Gasteiger partial charge in [0.15, 0.2) is 0 Å². The molecule has 0 saturated heterocycles. The molecule has 0 aliphatic carbocycles. The normalized spacial score (nSPS) is 10.6. The van der Waals surface area contributed by atoms with Crippen LogP contribution in [0.4, 0.5) is 4.39 Å². The fourth-order valence-corrected chi connectivity index (χ4v) is 1.53. The van der Waals surface area contributed by atoms with Crippen molar-refractivity contribution in [2.45, 2.75) is 13.0 Å². The van der Waals surface area contributed by atoms with Crippen molar-refractivity contribution in [3.63, 3.8) is 0 Å². The number of aliphatic carboxylic acids is 1. The second-order valence-corrected chi connectivity index (χ2v) is 3.52. The van der Waals surface area contributed by atoms with E-state index < -0.39 is 17.3 Å². The molecule has 1 N–H and O–H groups in total. The summed E-state index contributed by atoms with van der Waals surface area (Å²) in [5, 5.41) is 8.68. The van der Waals surface area contributed by atoms with Crippen molar-refractivity contribution in [2.75, 3.05) is 0 Å². The van der Waals surface area contributed by atoms with Gasteiger partial charge in [-0.05, 0) is 12.1 Å². The maximum absolute atomic E-state index is 13.3. The minimum absolute atomic E-state index is 0.00377. The van der Waals surface area contributed by atoms with Crippen LogP contribution in [0.2, 0.25) is 0 Å². The third-order valence-corrected chi connectivity index (χ3v) is 2.37. The fraction of sp³-hybridized carbons (Fsp3) is 0.182. The number of carboxylic acids is 1. The third-order valence-electron chi connectivity index (χ3n) is 2.37. The van der Waals surface area contributed by atoms with Crippen LogP contribution in [0.25, 0.3) is 10.9 Å². The van der Waals surface area contributed by atoms with Gasteiger partial charge in [-0.15, -0.1) is 0 Å². The lowest BCUT2D eigenvalue weighted by Gasteiger charge is -2.04. The summed E-state index contributed by atoms with van der Waals surface area (Å²) in [6, 6.07) is 4.10. The van der Waals surface area contributed by atoms with Crippen LogP contribution in [0.15, 0.2) is 29.3 Å². The van der Waals surface area contributed by atoms with Crippen LogP contribution in [0.5, 0.6) is 0 Å². The first kappa shape index (κ1) is 11.3. The van der Waals surface area contributed by atoms with Gasteiger partial charge in [0, 0.05) is 6.54 Å². The zero-order chi connectivity index (χ0) is 12.4. The lowest BCUT2D eigenvalue weighted by Crippen LogP contribution is -2.22. The number of aromatic nitrogens is 2. The Balaban J connectivity index is 2.51. The minimum Gasteiger partial charge on any atom is -0.481 e. The Kier molecular flexibility index (Phi) is 2.86. The van der Waals surface area contributed by atoms with Crippen LogP contribution in [-0.2, 0) is 11.3 Å². The number of carboxylic acid groups (broad SMARTS) is 1. The van der Waals surface area contributed by atoms with Gasteiger partial charge in [-0.2, -0.15) is 0 Å². The minimum atomic E-state index is -1.00. The highest BCUT2D eigenvalue weighted by Crippen LogP contribution is 2.10. The number of rotatable bonds is 3. The Hall–Kier alpha value is -2.24. The highest BCUT2D eigenvalue weighted by atomic mass is 19.1. The van der Waals surface area contributed by atoms with Crippen LogP contribution in [0.3, 0.4) is 0 Å².